The molecule has 1 rings (SSSR count). The molecule has 2 N–H and O–H groups in total. The molecule has 0 saturated heterocycles. The molecule has 0 radical (unpaired) electrons. The molecule has 1 aromatic rings. The van der Waals surface area contributed by atoms with Crippen LogP contribution in [0, 0.1) is 0 Å². The van der Waals surface area contributed by atoms with E-state index < -0.39 is 12.0 Å². The van der Waals surface area contributed by atoms with Gasteiger partial charge in [-0.3, -0.25) is 9.59 Å². The molecule has 1 aromatic heterocycles. The standard InChI is InChI=1S/C11H15NO5/c1-7(13)16-6-9-4-3-8(17-9)5-10(12)11(14)15-2/h3-4,10H,5-6,12H2,1-2H3. The van der Waals surface area contributed by atoms with Crippen LogP contribution in [0.4, 0.5) is 0 Å². The van der Waals surface area contributed by atoms with Crippen molar-refractivity contribution in [2.24, 2.45) is 5.73 Å². The lowest BCUT2D eigenvalue weighted by Crippen LogP contribution is -2.33. The van der Waals surface area contributed by atoms with E-state index in [2.05, 4.69) is 4.74 Å². The van der Waals surface area contributed by atoms with Crippen LogP contribution in [0.25, 0.3) is 0 Å². The first-order valence-electron chi connectivity index (χ1n) is 5.07. The maximum Gasteiger partial charge on any atom is 0.323 e. The highest BCUT2D eigenvalue weighted by atomic mass is 16.5. The van der Waals surface area contributed by atoms with Gasteiger partial charge in [-0.2, -0.15) is 0 Å². The Hall–Kier alpha value is -1.82. The Morgan fingerprint density at radius 2 is 2.06 bits per heavy atom. The van der Waals surface area contributed by atoms with Gasteiger partial charge in [0.1, 0.15) is 24.2 Å². The number of hydrogen-bond donors (Lipinski definition) is 1. The van der Waals surface area contributed by atoms with Gasteiger partial charge >= 0.3 is 11.9 Å². The molecule has 0 aromatic carbocycles. The molecule has 0 bridgehead atoms. The predicted octanol–water partition coefficient (Wildman–Crippen LogP) is 0.385. The van der Waals surface area contributed by atoms with Crippen LogP contribution in [0.1, 0.15) is 18.4 Å². The zero-order valence-corrected chi connectivity index (χ0v) is 9.76. The largest absolute Gasteiger partial charge is 0.468 e. The molecule has 0 aliphatic rings. The van der Waals surface area contributed by atoms with E-state index in [0.29, 0.717) is 11.5 Å². The topological polar surface area (TPSA) is 91.8 Å². The maximum absolute atomic E-state index is 11.1. The summed E-state index contributed by atoms with van der Waals surface area (Å²) in [5, 5.41) is 0. The van der Waals surface area contributed by atoms with Crippen LogP contribution in [-0.4, -0.2) is 25.1 Å². The van der Waals surface area contributed by atoms with Gasteiger partial charge in [0, 0.05) is 13.3 Å². The third kappa shape index (κ3) is 4.28. The first-order chi connectivity index (χ1) is 8.02. The Labute approximate surface area is 98.7 Å². The molecule has 1 unspecified atom stereocenters. The smallest absolute Gasteiger partial charge is 0.323 e. The lowest BCUT2D eigenvalue weighted by molar-refractivity contribution is -0.143. The first-order valence-corrected chi connectivity index (χ1v) is 5.07. The summed E-state index contributed by atoms with van der Waals surface area (Å²) in [6, 6.07) is 2.59. The van der Waals surface area contributed by atoms with Gasteiger partial charge in [0.2, 0.25) is 0 Å². The second kappa shape index (κ2) is 6.05. The van der Waals surface area contributed by atoms with E-state index >= 15 is 0 Å². The van der Waals surface area contributed by atoms with Crippen LogP contribution in [0.5, 0.6) is 0 Å². The number of esters is 2. The summed E-state index contributed by atoms with van der Waals surface area (Å²) >= 11 is 0. The minimum Gasteiger partial charge on any atom is -0.468 e. The van der Waals surface area contributed by atoms with E-state index in [4.69, 9.17) is 14.9 Å². The number of hydrogen-bond acceptors (Lipinski definition) is 6. The summed E-state index contributed by atoms with van der Waals surface area (Å²) in [6.07, 6.45) is 0.243. The van der Waals surface area contributed by atoms with Gasteiger partial charge in [0.05, 0.1) is 7.11 Å². The molecule has 0 fully saturated rings. The van der Waals surface area contributed by atoms with E-state index in [1.807, 2.05) is 0 Å². The summed E-state index contributed by atoms with van der Waals surface area (Å²) in [7, 11) is 1.27. The molecule has 0 saturated carbocycles. The summed E-state index contributed by atoms with van der Waals surface area (Å²) < 4.78 is 14.6. The van der Waals surface area contributed by atoms with Gasteiger partial charge < -0.3 is 19.6 Å². The van der Waals surface area contributed by atoms with Gasteiger partial charge in [0.25, 0.3) is 0 Å². The predicted molar refractivity (Wildman–Crippen MR) is 57.9 cm³/mol. The highest BCUT2D eigenvalue weighted by molar-refractivity contribution is 5.75. The quantitative estimate of drug-likeness (QED) is 0.749. The number of rotatable bonds is 5. The highest BCUT2D eigenvalue weighted by Gasteiger charge is 2.16. The average molecular weight is 241 g/mol. The van der Waals surface area contributed by atoms with Crippen LogP contribution in [0.15, 0.2) is 16.5 Å². The Balaban J connectivity index is 2.50. The van der Waals surface area contributed by atoms with Crippen LogP contribution < -0.4 is 5.73 Å². The SMILES string of the molecule is COC(=O)C(N)Cc1ccc(COC(C)=O)o1. The zero-order chi connectivity index (χ0) is 12.8. The normalized spacial score (nSPS) is 11.9. The molecule has 1 heterocycles. The van der Waals surface area contributed by atoms with Gasteiger partial charge in [-0.15, -0.1) is 0 Å². The number of furan rings is 1. The van der Waals surface area contributed by atoms with Crippen LogP contribution in [-0.2, 0) is 32.1 Å². The van der Waals surface area contributed by atoms with E-state index in [-0.39, 0.29) is 19.0 Å². The first kappa shape index (κ1) is 13.2. The van der Waals surface area contributed by atoms with Gasteiger partial charge in [-0.1, -0.05) is 0 Å². The summed E-state index contributed by atoms with van der Waals surface area (Å²) in [5.74, 6) is 0.175. The van der Waals surface area contributed by atoms with Crippen molar-refractivity contribution in [1.82, 2.24) is 0 Å². The van der Waals surface area contributed by atoms with Gasteiger partial charge in [-0.25, -0.2) is 0 Å². The Morgan fingerprint density at radius 3 is 2.65 bits per heavy atom. The van der Waals surface area contributed by atoms with E-state index in [1.54, 1.807) is 12.1 Å². The zero-order valence-electron chi connectivity index (χ0n) is 9.76. The fourth-order valence-corrected chi connectivity index (χ4v) is 1.23. The summed E-state index contributed by atoms with van der Waals surface area (Å²) in [6.45, 7) is 1.39. The average Bonchev–Trinajstić information content (AvgIpc) is 2.73. The molecule has 0 aliphatic heterocycles. The lowest BCUT2D eigenvalue weighted by atomic mass is 10.2. The Kier molecular flexibility index (Phi) is 4.71. The number of carbonyl (C=O) groups is 2. The number of nitrogens with two attached hydrogens (primary N) is 1. The molecule has 0 aliphatic carbocycles. The van der Waals surface area contributed by atoms with Crippen LogP contribution >= 0.6 is 0 Å². The second-order valence-corrected chi connectivity index (χ2v) is 3.48. The molecular weight excluding hydrogens is 226 g/mol. The van der Waals surface area contributed by atoms with E-state index in [1.165, 1.54) is 14.0 Å². The molecule has 1 atom stereocenters. The van der Waals surface area contributed by atoms with Gasteiger partial charge in [0.15, 0.2) is 0 Å². The van der Waals surface area contributed by atoms with E-state index in [0.717, 1.165) is 0 Å². The molecule has 94 valence electrons. The monoisotopic (exact) mass is 241 g/mol. The van der Waals surface area contributed by atoms with Crippen molar-refractivity contribution in [3.05, 3.63) is 23.7 Å². The summed E-state index contributed by atoms with van der Waals surface area (Å²) in [5.41, 5.74) is 5.57. The molecule has 6 nitrogen and oxygen atoms in total. The lowest BCUT2D eigenvalue weighted by Gasteiger charge is -2.06. The van der Waals surface area contributed by atoms with E-state index in [9.17, 15) is 9.59 Å². The molecule has 0 spiro atoms. The Morgan fingerprint density at radius 1 is 1.41 bits per heavy atom. The minimum absolute atomic E-state index is 0.0722. The number of carbonyl (C=O) groups excluding carboxylic acids is 2. The molecular formula is C11H15NO5. The third-order valence-corrected chi connectivity index (χ3v) is 2.06. The van der Waals surface area contributed by atoms with Crippen molar-refractivity contribution < 1.29 is 23.5 Å². The molecule has 17 heavy (non-hydrogen) atoms. The van der Waals surface area contributed by atoms with Crippen LogP contribution in [0.3, 0.4) is 0 Å². The van der Waals surface area contributed by atoms with Crippen molar-refractivity contribution in [3.63, 3.8) is 0 Å². The summed E-state index contributed by atoms with van der Waals surface area (Å²) in [4.78, 5) is 21.7. The van der Waals surface area contributed by atoms with Crippen molar-refractivity contribution in [2.45, 2.75) is 26.0 Å². The molecule has 6 heteroatoms. The van der Waals surface area contributed by atoms with Crippen molar-refractivity contribution in [3.8, 4) is 0 Å². The Bertz CT molecular complexity index is 398. The van der Waals surface area contributed by atoms with Crippen molar-refractivity contribution >= 4 is 11.9 Å². The highest BCUT2D eigenvalue weighted by Crippen LogP contribution is 2.11. The van der Waals surface area contributed by atoms with Gasteiger partial charge in [-0.05, 0) is 12.1 Å². The number of methoxy groups -OCH3 is 1. The van der Waals surface area contributed by atoms with Crippen LogP contribution in [0.2, 0.25) is 0 Å². The fourth-order valence-electron chi connectivity index (χ4n) is 1.23. The fraction of sp³-hybridized carbons (Fsp3) is 0.455. The molecule has 0 amide bonds. The maximum atomic E-state index is 11.1. The van der Waals surface area contributed by atoms with Crippen molar-refractivity contribution in [1.29, 1.82) is 0 Å². The van der Waals surface area contributed by atoms with Crippen molar-refractivity contribution in [2.75, 3.05) is 7.11 Å². The number of ether oxygens (including phenoxy) is 2. The minimum atomic E-state index is -0.757. The third-order valence-electron chi connectivity index (χ3n) is 2.06. The second-order valence-electron chi connectivity index (χ2n) is 3.48.